The van der Waals surface area contributed by atoms with Crippen LogP contribution in [0.3, 0.4) is 0 Å². The van der Waals surface area contributed by atoms with Gasteiger partial charge in [-0.3, -0.25) is 0 Å². The molecule has 0 bridgehead atoms. The molecule has 2 nitrogen and oxygen atoms in total. The summed E-state index contributed by atoms with van der Waals surface area (Å²) in [5, 5.41) is 0. The molecule has 60 valence electrons. The van der Waals surface area contributed by atoms with Crippen LogP contribution in [0.2, 0.25) is 0 Å². The van der Waals surface area contributed by atoms with Gasteiger partial charge in [-0.1, -0.05) is 5.57 Å². The second kappa shape index (κ2) is 3.46. The molecule has 0 spiro atoms. The molecule has 0 heterocycles. The van der Waals surface area contributed by atoms with Crippen molar-refractivity contribution in [2.24, 2.45) is 15.9 Å². The maximum Gasteiger partial charge on any atom is 0.130 e. The van der Waals surface area contributed by atoms with Gasteiger partial charge in [0.2, 0.25) is 0 Å². The van der Waals surface area contributed by atoms with Crippen molar-refractivity contribution in [3.05, 3.63) is 11.8 Å². The zero-order valence-corrected chi connectivity index (χ0v) is 7.17. The number of amidine groups is 1. The molecule has 0 aliphatic heterocycles. The van der Waals surface area contributed by atoms with Crippen molar-refractivity contribution in [1.82, 2.24) is 0 Å². The number of aliphatic imine (C=N–C) groups is 2. The van der Waals surface area contributed by atoms with Crippen LogP contribution in [0, 0.1) is 5.92 Å². The minimum Gasteiger partial charge on any atom is -0.249 e. The summed E-state index contributed by atoms with van der Waals surface area (Å²) in [6.45, 7) is 7.54. The normalized spacial score (nSPS) is 17.8. The van der Waals surface area contributed by atoms with Crippen molar-refractivity contribution in [2.45, 2.75) is 26.7 Å². The van der Waals surface area contributed by atoms with Gasteiger partial charge in [-0.2, -0.15) is 0 Å². The second-order valence-corrected chi connectivity index (χ2v) is 3.13. The number of nitrogens with zero attached hydrogens (tertiary/aromatic N) is 2. The van der Waals surface area contributed by atoms with E-state index in [1.165, 1.54) is 18.4 Å². The summed E-state index contributed by atoms with van der Waals surface area (Å²) >= 11 is 0. The van der Waals surface area contributed by atoms with Crippen molar-refractivity contribution in [2.75, 3.05) is 0 Å². The van der Waals surface area contributed by atoms with Crippen molar-refractivity contribution in [1.29, 1.82) is 0 Å². The molecule has 0 N–H and O–H groups in total. The molecule has 2 heteroatoms. The highest BCUT2D eigenvalue weighted by Crippen LogP contribution is 2.31. The molecule has 0 radical (unpaired) electrons. The van der Waals surface area contributed by atoms with E-state index in [4.69, 9.17) is 0 Å². The van der Waals surface area contributed by atoms with Crippen LogP contribution in [0.15, 0.2) is 21.8 Å². The Labute approximate surface area is 67.8 Å². The van der Waals surface area contributed by atoms with Gasteiger partial charge in [0.05, 0.1) is 0 Å². The molecule has 0 unspecified atom stereocenters. The molecule has 0 aromatic carbocycles. The maximum absolute atomic E-state index is 4.23. The lowest BCUT2D eigenvalue weighted by Crippen LogP contribution is -1.93. The summed E-state index contributed by atoms with van der Waals surface area (Å²) in [5.41, 5.74) is 1.20. The van der Waals surface area contributed by atoms with Gasteiger partial charge >= 0.3 is 0 Å². The van der Waals surface area contributed by atoms with E-state index in [1.807, 2.05) is 20.0 Å². The van der Waals surface area contributed by atoms with E-state index >= 15 is 0 Å². The molecule has 0 amide bonds. The van der Waals surface area contributed by atoms with Gasteiger partial charge in [-0.05, 0) is 33.4 Å². The summed E-state index contributed by atoms with van der Waals surface area (Å²) in [5.74, 6) is 1.51. The van der Waals surface area contributed by atoms with Crippen molar-refractivity contribution < 1.29 is 0 Å². The summed E-state index contributed by atoms with van der Waals surface area (Å²) < 4.78 is 0. The average Bonchev–Trinajstić information content (AvgIpc) is 2.72. The number of rotatable bonds is 2. The van der Waals surface area contributed by atoms with Crippen molar-refractivity contribution in [3.63, 3.8) is 0 Å². The van der Waals surface area contributed by atoms with Gasteiger partial charge in [0.15, 0.2) is 0 Å². The molecule has 1 aliphatic carbocycles. The van der Waals surface area contributed by atoms with Crippen LogP contribution < -0.4 is 0 Å². The van der Waals surface area contributed by atoms with Crippen LogP contribution in [-0.4, -0.2) is 12.6 Å². The Morgan fingerprint density at radius 1 is 1.45 bits per heavy atom. The van der Waals surface area contributed by atoms with Gasteiger partial charge in [-0.15, -0.1) is 0 Å². The summed E-state index contributed by atoms with van der Waals surface area (Å²) in [6, 6.07) is 0. The predicted molar refractivity (Wildman–Crippen MR) is 49.1 cm³/mol. The number of hydrogen-bond donors (Lipinski definition) is 0. The van der Waals surface area contributed by atoms with E-state index in [-0.39, 0.29) is 0 Å². The quantitative estimate of drug-likeness (QED) is 0.426. The first-order valence-corrected chi connectivity index (χ1v) is 3.92. The van der Waals surface area contributed by atoms with Crippen LogP contribution >= 0.6 is 0 Å². The fourth-order valence-corrected chi connectivity index (χ4v) is 0.812. The van der Waals surface area contributed by atoms with Gasteiger partial charge in [0.25, 0.3) is 0 Å². The highest BCUT2D eigenvalue weighted by molar-refractivity contribution is 5.90. The molecular formula is C9H14N2. The van der Waals surface area contributed by atoms with Crippen LogP contribution in [0.4, 0.5) is 0 Å². The Kier molecular flexibility index (Phi) is 2.58. The van der Waals surface area contributed by atoms with Gasteiger partial charge < -0.3 is 0 Å². The van der Waals surface area contributed by atoms with Crippen LogP contribution in [0.1, 0.15) is 26.7 Å². The van der Waals surface area contributed by atoms with Crippen molar-refractivity contribution in [3.8, 4) is 0 Å². The third-order valence-electron chi connectivity index (χ3n) is 1.56. The first-order chi connectivity index (χ1) is 5.24. The predicted octanol–water partition coefficient (Wildman–Crippen LogP) is 2.42. The second-order valence-electron chi connectivity index (χ2n) is 3.13. The minimum atomic E-state index is 0.600. The topological polar surface area (TPSA) is 24.7 Å². The van der Waals surface area contributed by atoms with Gasteiger partial charge in [0.1, 0.15) is 5.84 Å². The molecule has 0 saturated heterocycles. The Balaban J connectivity index is 2.59. The molecule has 0 atom stereocenters. The molecule has 0 aromatic heterocycles. The highest BCUT2D eigenvalue weighted by atomic mass is 14.9. The number of allylic oxidation sites excluding steroid dienone is 1. The first kappa shape index (κ1) is 8.18. The Bertz CT molecular complexity index is 206. The minimum absolute atomic E-state index is 0.600. The number of hydrogen-bond acceptors (Lipinski definition) is 1. The Morgan fingerprint density at radius 2 is 2.09 bits per heavy atom. The van der Waals surface area contributed by atoms with Gasteiger partial charge in [0, 0.05) is 12.1 Å². The largest absolute Gasteiger partial charge is 0.249 e. The highest BCUT2D eigenvalue weighted by Gasteiger charge is 2.26. The third-order valence-corrected chi connectivity index (χ3v) is 1.56. The van der Waals surface area contributed by atoms with E-state index in [0.29, 0.717) is 5.92 Å². The summed E-state index contributed by atoms with van der Waals surface area (Å²) in [7, 11) is 0. The smallest absolute Gasteiger partial charge is 0.130 e. The van der Waals surface area contributed by atoms with Crippen LogP contribution in [0.5, 0.6) is 0 Å². The molecule has 0 aromatic rings. The third kappa shape index (κ3) is 2.66. The summed E-state index contributed by atoms with van der Waals surface area (Å²) in [4.78, 5) is 8.11. The Morgan fingerprint density at radius 3 is 2.45 bits per heavy atom. The van der Waals surface area contributed by atoms with E-state index < -0.39 is 0 Å². The Hall–Kier alpha value is -0.920. The standard InChI is InChI=1S/C9H14N2/c1-7(2)6-11-9(10-3)8-4-5-8/h6,8H,3-5H2,1-2H3/b11-9-. The van der Waals surface area contributed by atoms with Crippen LogP contribution in [0.25, 0.3) is 0 Å². The van der Waals surface area contributed by atoms with Crippen molar-refractivity contribution >= 4 is 12.6 Å². The van der Waals surface area contributed by atoms with E-state index in [2.05, 4.69) is 16.7 Å². The molecule has 11 heavy (non-hydrogen) atoms. The maximum atomic E-state index is 4.23. The molecular weight excluding hydrogens is 136 g/mol. The molecule has 1 saturated carbocycles. The molecule has 1 fully saturated rings. The first-order valence-electron chi connectivity index (χ1n) is 3.92. The molecule has 1 aliphatic rings. The zero-order chi connectivity index (χ0) is 8.27. The van der Waals surface area contributed by atoms with E-state index in [0.717, 1.165) is 5.84 Å². The zero-order valence-electron chi connectivity index (χ0n) is 7.17. The SMILES string of the molecule is C=N/C(=N\C=C(C)C)C1CC1. The average molecular weight is 150 g/mol. The lowest BCUT2D eigenvalue weighted by atomic mass is 10.4. The molecule has 1 rings (SSSR count). The van der Waals surface area contributed by atoms with Gasteiger partial charge in [-0.25, -0.2) is 9.98 Å². The fraction of sp³-hybridized carbons (Fsp3) is 0.556. The lowest BCUT2D eigenvalue weighted by Gasteiger charge is -1.92. The summed E-state index contributed by atoms with van der Waals surface area (Å²) in [6.07, 6.45) is 4.31. The van der Waals surface area contributed by atoms with Crippen LogP contribution in [-0.2, 0) is 0 Å². The fourth-order valence-electron chi connectivity index (χ4n) is 0.812. The van der Waals surface area contributed by atoms with E-state index in [9.17, 15) is 0 Å². The monoisotopic (exact) mass is 150 g/mol. The van der Waals surface area contributed by atoms with E-state index in [1.54, 1.807) is 0 Å². The lowest BCUT2D eigenvalue weighted by molar-refractivity contribution is 1.15.